The van der Waals surface area contributed by atoms with Crippen LogP contribution < -0.4 is 0 Å². The van der Waals surface area contributed by atoms with Gasteiger partial charge in [0.25, 0.3) is 0 Å². The molecule has 14 heavy (non-hydrogen) atoms. The third-order valence-electron chi connectivity index (χ3n) is 1.64. The number of rotatable bonds is 4. The molecule has 0 aromatic carbocycles. The van der Waals surface area contributed by atoms with Crippen molar-refractivity contribution in [3.05, 3.63) is 18.0 Å². The van der Waals surface area contributed by atoms with Gasteiger partial charge in [0.1, 0.15) is 0 Å². The lowest BCUT2D eigenvalue weighted by molar-refractivity contribution is 0.0689. The maximum absolute atomic E-state index is 10.5. The van der Waals surface area contributed by atoms with E-state index in [2.05, 4.69) is 5.10 Å². The zero-order valence-corrected chi connectivity index (χ0v) is 8.99. The van der Waals surface area contributed by atoms with Gasteiger partial charge in [-0.05, 0) is 20.2 Å². The van der Waals surface area contributed by atoms with Gasteiger partial charge in [-0.2, -0.15) is 5.10 Å². The van der Waals surface area contributed by atoms with Crippen LogP contribution in [0.25, 0.3) is 0 Å². The lowest BCUT2D eigenvalue weighted by Crippen LogP contribution is -2.18. The first kappa shape index (κ1) is 12.9. The summed E-state index contributed by atoms with van der Waals surface area (Å²) < 4.78 is 1.63. The summed E-state index contributed by atoms with van der Waals surface area (Å²) in [6.07, 6.45) is 1.67. The maximum Gasteiger partial charge on any atom is 0.356 e. The molecule has 0 saturated carbocycles. The molecule has 0 fully saturated rings. The summed E-state index contributed by atoms with van der Waals surface area (Å²) in [5.41, 5.74) is 0.0961. The van der Waals surface area contributed by atoms with Crippen molar-refractivity contribution in [3.63, 3.8) is 0 Å². The molecule has 0 atom stereocenters. The second-order valence-corrected chi connectivity index (χ2v) is 3.07. The fraction of sp³-hybridized carbons (Fsp3) is 0.500. The summed E-state index contributed by atoms with van der Waals surface area (Å²) in [5.74, 6) is -0.983. The third kappa shape index (κ3) is 3.76. The Balaban J connectivity index is 0.00000169. The van der Waals surface area contributed by atoms with E-state index in [0.717, 1.165) is 6.54 Å². The molecule has 0 spiro atoms. The van der Waals surface area contributed by atoms with Gasteiger partial charge in [0.05, 0.1) is 6.54 Å². The number of aromatic nitrogens is 2. The molecule has 1 aromatic heterocycles. The van der Waals surface area contributed by atoms with Gasteiger partial charge >= 0.3 is 5.97 Å². The van der Waals surface area contributed by atoms with E-state index >= 15 is 0 Å². The Kier molecular flexibility index (Phi) is 5.19. The van der Waals surface area contributed by atoms with E-state index < -0.39 is 5.97 Å². The largest absolute Gasteiger partial charge is 0.476 e. The number of aromatic carboxylic acids is 1. The first-order chi connectivity index (χ1) is 6.09. The molecule has 0 aliphatic rings. The molecule has 0 aliphatic heterocycles. The van der Waals surface area contributed by atoms with Crippen LogP contribution in [-0.2, 0) is 6.54 Å². The lowest BCUT2D eigenvalue weighted by atomic mass is 10.5. The highest BCUT2D eigenvalue weighted by molar-refractivity contribution is 5.85. The van der Waals surface area contributed by atoms with E-state index in [-0.39, 0.29) is 18.1 Å². The van der Waals surface area contributed by atoms with Crippen LogP contribution in [0.2, 0.25) is 0 Å². The number of likely N-dealkylation sites (N-methyl/N-ethyl adjacent to an activating group) is 1. The van der Waals surface area contributed by atoms with Crippen molar-refractivity contribution >= 4 is 18.4 Å². The van der Waals surface area contributed by atoms with Crippen LogP contribution >= 0.6 is 12.4 Å². The Morgan fingerprint density at radius 1 is 1.64 bits per heavy atom. The predicted octanol–water partition coefficient (Wildman–Crippen LogP) is 0.565. The van der Waals surface area contributed by atoms with E-state index in [1.165, 1.54) is 6.07 Å². The van der Waals surface area contributed by atoms with Crippen LogP contribution in [0.3, 0.4) is 0 Å². The summed E-state index contributed by atoms with van der Waals surface area (Å²) in [6, 6.07) is 1.50. The zero-order chi connectivity index (χ0) is 9.84. The van der Waals surface area contributed by atoms with Crippen LogP contribution in [0.4, 0.5) is 0 Å². The summed E-state index contributed by atoms with van der Waals surface area (Å²) in [7, 11) is 3.92. The van der Waals surface area contributed by atoms with E-state index in [1.807, 2.05) is 19.0 Å². The topological polar surface area (TPSA) is 58.4 Å². The number of hydrogen-bond acceptors (Lipinski definition) is 3. The van der Waals surface area contributed by atoms with Crippen LogP contribution in [0.5, 0.6) is 0 Å². The minimum atomic E-state index is -0.983. The number of nitrogens with zero attached hydrogens (tertiary/aromatic N) is 3. The van der Waals surface area contributed by atoms with Gasteiger partial charge in [-0.1, -0.05) is 0 Å². The molecule has 0 bridgehead atoms. The van der Waals surface area contributed by atoms with Crippen molar-refractivity contribution < 1.29 is 9.90 Å². The molecule has 0 aliphatic carbocycles. The quantitative estimate of drug-likeness (QED) is 0.804. The molecule has 1 N–H and O–H groups in total. The van der Waals surface area contributed by atoms with Crippen LogP contribution in [-0.4, -0.2) is 46.4 Å². The standard InChI is InChI=1S/C8H13N3O2.ClH/c1-10(2)5-6-11-4-3-7(9-11)8(12)13;/h3-4H,5-6H2,1-2H3,(H,12,13);1H. The number of carboxylic acid groups (broad SMARTS) is 1. The van der Waals surface area contributed by atoms with Crippen molar-refractivity contribution in [1.82, 2.24) is 14.7 Å². The minimum absolute atomic E-state index is 0. The molecule has 1 rings (SSSR count). The number of carbonyl (C=O) groups is 1. The molecule has 80 valence electrons. The fourth-order valence-corrected chi connectivity index (χ4v) is 0.903. The predicted molar refractivity (Wildman–Crippen MR) is 55.0 cm³/mol. The smallest absolute Gasteiger partial charge is 0.356 e. The minimum Gasteiger partial charge on any atom is -0.476 e. The second-order valence-electron chi connectivity index (χ2n) is 3.07. The summed E-state index contributed by atoms with van der Waals surface area (Å²) >= 11 is 0. The highest BCUT2D eigenvalue weighted by Crippen LogP contribution is 1.95. The van der Waals surface area contributed by atoms with Crippen molar-refractivity contribution in [3.8, 4) is 0 Å². The highest BCUT2D eigenvalue weighted by atomic mass is 35.5. The Morgan fingerprint density at radius 3 is 2.71 bits per heavy atom. The number of carboxylic acids is 1. The van der Waals surface area contributed by atoms with Gasteiger partial charge in [0.2, 0.25) is 0 Å². The van der Waals surface area contributed by atoms with Crippen LogP contribution in [0, 0.1) is 0 Å². The maximum atomic E-state index is 10.5. The van der Waals surface area contributed by atoms with Crippen LogP contribution in [0.1, 0.15) is 10.5 Å². The Morgan fingerprint density at radius 2 is 2.29 bits per heavy atom. The molecule has 0 saturated heterocycles. The first-order valence-corrected chi connectivity index (χ1v) is 4.01. The Hall–Kier alpha value is -1.07. The molecule has 0 amide bonds. The average Bonchev–Trinajstić information content (AvgIpc) is 2.48. The average molecular weight is 220 g/mol. The zero-order valence-electron chi connectivity index (χ0n) is 8.17. The van der Waals surface area contributed by atoms with Crippen molar-refractivity contribution in [2.75, 3.05) is 20.6 Å². The molecule has 1 heterocycles. The Labute approximate surface area is 88.7 Å². The third-order valence-corrected chi connectivity index (χ3v) is 1.64. The van der Waals surface area contributed by atoms with E-state index in [4.69, 9.17) is 5.11 Å². The summed E-state index contributed by atoms with van der Waals surface area (Å²) in [6.45, 7) is 1.56. The molecule has 0 radical (unpaired) electrons. The van der Waals surface area contributed by atoms with Crippen LogP contribution in [0.15, 0.2) is 12.3 Å². The van der Waals surface area contributed by atoms with Crippen molar-refractivity contribution in [1.29, 1.82) is 0 Å². The van der Waals surface area contributed by atoms with Gasteiger partial charge in [0, 0.05) is 12.7 Å². The highest BCUT2D eigenvalue weighted by Gasteiger charge is 2.05. The molecule has 6 heteroatoms. The van der Waals surface area contributed by atoms with Gasteiger partial charge in [-0.3, -0.25) is 4.68 Å². The van der Waals surface area contributed by atoms with Crippen molar-refractivity contribution in [2.24, 2.45) is 0 Å². The summed E-state index contributed by atoms with van der Waals surface area (Å²) in [5, 5.41) is 12.5. The van der Waals surface area contributed by atoms with Gasteiger partial charge in [0.15, 0.2) is 5.69 Å². The number of hydrogen-bond donors (Lipinski definition) is 1. The molecule has 5 nitrogen and oxygen atoms in total. The second kappa shape index (κ2) is 5.62. The van der Waals surface area contributed by atoms with E-state index in [9.17, 15) is 4.79 Å². The first-order valence-electron chi connectivity index (χ1n) is 4.01. The fourth-order valence-electron chi connectivity index (χ4n) is 0.903. The van der Waals surface area contributed by atoms with Gasteiger partial charge in [-0.15, -0.1) is 12.4 Å². The van der Waals surface area contributed by atoms with E-state index in [1.54, 1.807) is 10.9 Å². The molecule has 1 aromatic rings. The number of halogens is 1. The van der Waals surface area contributed by atoms with Gasteiger partial charge in [-0.25, -0.2) is 4.79 Å². The Bertz CT molecular complexity index is 299. The normalized spacial score (nSPS) is 9.93. The lowest BCUT2D eigenvalue weighted by Gasteiger charge is -2.08. The van der Waals surface area contributed by atoms with E-state index in [0.29, 0.717) is 6.54 Å². The van der Waals surface area contributed by atoms with Crippen molar-refractivity contribution in [2.45, 2.75) is 6.54 Å². The SMILES string of the molecule is CN(C)CCn1ccc(C(=O)O)n1.Cl. The summed E-state index contributed by atoms with van der Waals surface area (Å²) in [4.78, 5) is 12.5. The molecular formula is C8H14ClN3O2. The monoisotopic (exact) mass is 219 g/mol. The van der Waals surface area contributed by atoms with Gasteiger partial charge < -0.3 is 10.0 Å². The molecular weight excluding hydrogens is 206 g/mol. The molecule has 0 unspecified atom stereocenters.